The second-order valence-corrected chi connectivity index (χ2v) is 4.69. The highest BCUT2D eigenvalue weighted by Crippen LogP contribution is 2.16. The summed E-state index contributed by atoms with van der Waals surface area (Å²) in [5.41, 5.74) is 1.46. The fourth-order valence-corrected chi connectivity index (χ4v) is 1.36. The summed E-state index contributed by atoms with van der Waals surface area (Å²) in [6, 6.07) is -0.248. The van der Waals surface area contributed by atoms with E-state index in [1.54, 1.807) is 6.92 Å². The van der Waals surface area contributed by atoms with Gasteiger partial charge in [0, 0.05) is 24.0 Å². The SMILES string of the molecule is Cc1nc(OCC(F)(F)F)ncc1CNCC(C)C. The maximum atomic E-state index is 12.0. The number of hydrogen-bond donors (Lipinski definition) is 1. The molecule has 0 radical (unpaired) electrons. The van der Waals surface area contributed by atoms with Crippen molar-refractivity contribution in [1.82, 2.24) is 15.3 Å². The molecule has 4 nitrogen and oxygen atoms in total. The van der Waals surface area contributed by atoms with Crippen LogP contribution in [0.25, 0.3) is 0 Å². The van der Waals surface area contributed by atoms with Crippen LogP contribution in [-0.2, 0) is 6.54 Å². The summed E-state index contributed by atoms with van der Waals surface area (Å²) in [6.45, 7) is 5.95. The van der Waals surface area contributed by atoms with E-state index in [1.807, 2.05) is 0 Å². The maximum Gasteiger partial charge on any atom is 0.422 e. The first-order chi connectivity index (χ1) is 8.78. The van der Waals surface area contributed by atoms with Gasteiger partial charge in [-0.2, -0.15) is 13.2 Å². The zero-order valence-electron chi connectivity index (χ0n) is 11.2. The number of hydrogen-bond acceptors (Lipinski definition) is 4. The van der Waals surface area contributed by atoms with Gasteiger partial charge in [0.15, 0.2) is 6.61 Å². The van der Waals surface area contributed by atoms with E-state index in [1.165, 1.54) is 6.20 Å². The summed E-state index contributed by atoms with van der Waals surface area (Å²) >= 11 is 0. The van der Waals surface area contributed by atoms with Crippen LogP contribution in [0, 0.1) is 12.8 Å². The van der Waals surface area contributed by atoms with Gasteiger partial charge in [-0.3, -0.25) is 0 Å². The minimum absolute atomic E-state index is 0.248. The molecule has 0 saturated carbocycles. The maximum absolute atomic E-state index is 12.0. The molecule has 1 N–H and O–H groups in total. The minimum atomic E-state index is -4.38. The molecular weight excluding hydrogens is 259 g/mol. The molecule has 0 fully saturated rings. The monoisotopic (exact) mass is 277 g/mol. The molecule has 0 aliphatic carbocycles. The molecule has 0 saturated heterocycles. The van der Waals surface area contributed by atoms with Crippen LogP contribution >= 0.6 is 0 Å². The fraction of sp³-hybridized carbons (Fsp3) is 0.667. The Morgan fingerprint density at radius 1 is 1.37 bits per heavy atom. The van der Waals surface area contributed by atoms with Crippen LogP contribution in [0.4, 0.5) is 13.2 Å². The Labute approximate surface area is 110 Å². The first-order valence-electron chi connectivity index (χ1n) is 6.00. The van der Waals surface area contributed by atoms with E-state index in [0.29, 0.717) is 18.2 Å². The third-order valence-electron chi connectivity index (χ3n) is 2.29. The number of aryl methyl sites for hydroxylation is 1. The van der Waals surface area contributed by atoms with Crippen molar-refractivity contribution < 1.29 is 17.9 Å². The number of nitrogens with zero attached hydrogens (tertiary/aromatic N) is 2. The van der Waals surface area contributed by atoms with Gasteiger partial charge in [0.1, 0.15) is 0 Å². The van der Waals surface area contributed by atoms with Crippen molar-refractivity contribution >= 4 is 0 Å². The number of ether oxygens (including phenoxy) is 1. The summed E-state index contributed by atoms with van der Waals surface area (Å²) in [6.07, 6.45) is -2.89. The average molecular weight is 277 g/mol. The highest BCUT2D eigenvalue weighted by molar-refractivity contribution is 5.17. The van der Waals surface area contributed by atoms with Crippen molar-refractivity contribution in [2.45, 2.75) is 33.5 Å². The summed E-state index contributed by atoms with van der Waals surface area (Å²) in [4.78, 5) is 7.67. The van der Waals surface area contributed by atoms with Crippen LogP contribution in [0.1, 0.15) is 25.1 Å². The summed E-state index contributed by atoms with van der Waals surface area (Å²) in [5.74, 6) is 0.524. The van der Waals surface area contributed by atoms with E-state index in [-0.39, 0.29) is 6.01 Å². The molecular formula is C12H18F3N3O. The number of nitrogens with one attached hydrogen (secondary N) is 1. The predicted molar refractivity (Wildman–Crippen MR) is 64.9 cm³/mol. The Morgan fingerprint density at radius 2 is 2.05 bits per heavy atom. The Hall–Kier alpha value is -1.37. The third kappa shape index (κ3) is 6.37. The Bertz CT molecular complexity index is 408. The largest absolute Gasteiger partial charge is 0.454 e. The average Bonchev–Trinajstić information content (AvgIpc) is 2.27. The highest BCUT2D eigenvalue weighted by Gasteiger charge is 2.29. The molecule has 19 heavy (non-hydrogen) atoms. The van der Waals surface area contributed by atoms with E-state index in [2.05, 4.69) is 33.9 Å². The molecule has 0 atom stereocenters. The van der Waals surface area contributed by atoms with Gasteiger partial charge in [0.05, 0.1) is 0 Å². The Kier molecular flexibility index (Phi) is 5.53. The van der Waals surface area contributed by atoms with E-state index in [0.717, 1.165) is 12.1 Å². The highest BCUT2D eigenvalue weighted by atomic mass is 19.4. The topological polar surface area (TPSA) is 47.0 Å². The van der Waals surface area contributed by atoms with Crippen molar-refractivity contribution in [2.75, 3.05) is 13.2 Å². The van der Waals surface area contributed by atoms with Gasteiger partial charge >= 0.3 is 12.2 Å². The lowest BCUT2D eigenvalue weighted by Crippen LogP contribution is -2.21. The van der Waals surface area contributed by atoms with Crippen LogP contribution in [-0.4, -0.2) is 29.3 Å². The predicted octanol–water partition coefficient (Wildman–Crippen LogP) is 2.47. The van der Waals surface area contributed by atoms with Crippen LogP contribution in [0.2, 0.25) is 0 Å². The molecule has 7 heteroatoms. The molecule has 0 aliphatic heterocycles. The molecule has 0 aliphatic rings. The second-order valence-electron chi connectivity index (χ2n) is 4.69. The van der Waals surface area contributed by atoms with Gasteiger partial charge in [-0.1, -0.05) is 13.8 Å². The fourth-order valence-electron chi connectivity index (χ4n) is 1.36. The van der Waals surface area contributed by atoms with Crippen molar-refractivity contribution in [3.63, 3.8) is 0 Å². The van der Waals surface area contributed by atoms with Gasteiger partial charge in [-0.25, -0.2) is 9.97 Å². The minimum Gasteiger partial charge on any atom is -0.454 e. The molecule has 0 spiro atoms. The van der Waals surface area contributed by atoms with Gasteiger partial charge in [0.2, 0.25) is 0 Å². The lowest BCUT2D eigenvalue weighted by molar-refractivity contribution is -0.154. The van der Waals surface area contributed by atoms with E-state index < -0.39 is 12.8 Å². The molecule has 0 amide bonds. The van der Waals surface area contributed by atoms with Gasteiger partial charge in [-0.05, 0) is 19.4 Å². The molecule has 0 bridgehead atoms. The van der Waals surface area contributed by atoms with Crippen molar-refractivity contribution in [3.8, 4) is 6.01 Å². The zero-order chi connectivity index (χ0) is 14.5. The van der Waals surface area contributed by atoms with E-state index in [9.17, 15) is 13.2 Å². The molecule has 1 heterocycles. The Morgan fingerprint density at radius 3 is 2.58 bits per heavy atom. The molecule has 108 valence electrons. The van der Waals surface area contributed by atoms with Crippen LogP contribution < -0.4 is 10.1 Å². The normalized spacial score (nSPS) is 11.9. The van der Waals surface area contributed by atoms with Gasteiger partial charge < -0.3 is 10.1 Å². The quantitative estimate of drug-likeness (QED) is 0.867. The second kappa shape index (κ2) is 6.70. The summed E-state index contributed by atoms with van der Waals surface area (Å²) < 4.78 is 40.4. The van der Waals surface area contributed by atoms with Crippen LogP contribution in [0.15, 0.2) is 6.20 Å². The first kappa shape index (κ1) is 15.7. The van der Waals surface area contributed by atoms with E-state index in [4.69, 9.17) is 0 Å². The number of alkyl halides is 3. The first-order valence-corrected chi connectivity index (χ1v) is 6.00. The van der Waals surface area contributed by atoms with Crippen LogP contribution in [0.3, 0.4) is 0 Å². The summed E-state index contributed by atoms with van der Waals surface area (Å²) in [5, 5.41) is 3.22. The van der Waals surface area contributed by atoms with Gasteiger partial charge in [0.25, 0.3) is 0 Å². The van der Waals surface area contributed by atoms with E-state index >= 15 is 0 Å². The van der Waals surface area contributed by atoms with Crippen molar-refractivity contribution in [1.29, 1.82) is 0 Å². The molecule has 1 rings (SSSR count). The standard InChI is InChI=1S/C12H18F3N3O/c1-8(2)4-16-5-10-6-17-11(18-9(10)3)19-7-12(13,14)15/h6,8,16H,4-5,7H2,1-3H3. The third-order valence-corrected chi connectivity index (χ3v) is 2.29. The summed E-state index contributed by atoms with van der Waals surface area (Å²) in [7, 11) is 0. The number of aromatic nitrogens is 2. The molecule has 0 aromatic carbocycles. The lowest BCUT2D eigenvalue weighted by atomic mass is 10.2. The zero-order valence-corrected chi connectivity index (χ0v) is 11.2. The van der Waals surface area contributed by atoms with Gasteiger partial charge in [-0.15, -0.1) is 0 Å². The molecule has 1 aromatic rings. The Balaban J connectivity index is 2.54. The smallest absolute Gasteiger partial charge is 0.422 e. The van der Waals surface area contributed by atoms with Crippen LogP contribution in [0.5, 0.6) is 6.01 Å². The number of rotatable bonds is 6. The lowest BCUT2D eigenvalue weighted by Gasteiger charge is -2.11. The van der Waals surface area contributed by atoms with Crippen molar-refractivity contribution in [2.24, 2.45) is 5.92 Å². The van der Waals surface area contributed by atoms with Crippen molar-refractivity contribution in [3.05, 3.63) is 17.5 Å². The molecule has 1 aromatic heterocycles. The molecule has 0 unspecified atom stereocenters. The number of halogens is 3.